The van der Waals surface area contributed by atoms with Gasteiger partial charge in [0, 0.05) is 34.3 Å². The Labute approximate surface area is 429 Å². The standard InChI is InChI=1S/C67H61N5O/c1-65(2,3)50-35-36-68-62(41-50)72-60-34-31-48(49-37-51(66(4,5)6)40-52(38-49)67(7,8)9)39-59(60)58-33-32-55(43-61(58)72)73-54-28-19-27-53(42-54)71-44-70(64(69-71)47-25-17-12-18-26-47)63-56(45-21-13-10-14-22-45)29-20-30-57(63)46-23-15-11-16-24-46/h10-43H,1-9H3. The number of nitrogens with zero attached hydrogens (tertiary/aromatic N) is 5. The van der Waals surface area contributed by atoms with Crippen molar-refractivity contribution in [2.24, 2.45) is 0 Å². The lowest BCUT2D eigenvalue weighted by Crippen LogP contribution is -2.33. The van der Waals surface area contributed by atoms with E-state index in [1.54, 1.807) is 0 Å². The molecule has 8 aromatic carbocycles. The summed E-state index contributed by atoms with van der Waals surface area (Å²) in [7, 11) is 0. The zero-order valence-electron chi connectivity index (χ0n) is 43.3. The van der Waals surface area contributed by atoms with Gasteiger partial charge in [-0.2, -0.15) is 4.68 Å². The number of benzene rings is 8. The second-order valence-corrected chi connectivity index (χ2v) is 22.3. The number of ether oxygens (including phenoxy) is 1. The van der Waals surface area contributed by atoms with Gasteiger partial charge in [-0.3, -0.25) is 4.57 Å². The second kappa shape index (κ2) is 18.4. The van der Waals surface area contributed by atoms with Gasteiger partial charge in [0.2, 0.25) is 12.2 Å². The van der Waals surface area contributed by atoms with Crippen LogP contribution < -0.4 is 9.30 Å². The third-order valence-electron chi connectivity index (χ3n) is 13.9. The Morgan fingerprint density at radius 2 is 1.03 bits per heavy atom. The number of rotatable bonds is 9. The van der Waals surface area contributed by atoms with E-state index in [1.165, 1.54) is 27.8 Å². The monoisotopic (exact) mass is 951 g/mol. The quantitative estimate of drug-likeness (QED) is 0.107. The maximum Gasteiger partial charge on any atom is 0.231 e. The van der Waals surface area contributed by atoms with Crippen molar-refractivity contribution in [3.8, 4) is 73.5 Å². The summed E-state index contributed by atoms with van der Waals surface area (Å²) in [5.74, 6) is 3.01. The van der Waals surface area contributed by atoms with E-state index < -0.39 is 0 Å². The van der Waals surface area contributed by atoms with Crippen LogP contribution in [-0.2, 0) is 16.2 Å². The highest BCUT2D eigenvalue weighted by Gasteiger charge is 2.25. The molecule has 3 aromatic heterocycles. The van der Waals surface area contributed by atoms with E-state index in [2.05, 4.69) is 248 Å². The van der Waals surface area contributed by atoms with Gasteiger partial charge in [-0.05, 0) is 120 Å². The highest BCUT2D eigenvalue weighted by molar-refractivity contribution is 6.10. The van der Waals surface area contributed by atoms with Crippen LogP contribution in [0.15, 0.2) is 206 Å². The molecule has 0 atom stereocenters. The predicted molar refractivity (Wildman–Crippen MR) is 300 cm³/mol. The van der Waals surface area contributed by atoms with Crippen LogP contribution in [0.1, 0.15) is 79.0 Å². The Morgan fingerprint density at radius 3 is 1.64 bits per heavy atom. The molecule has 11 rings (SSSR count). The fraction of sp³-hybridized carbons (Fsp3) is 0.179. The molecule has 11 aromatic rings. The van der Waals surface area contributed by atoms with Gasteiger partial charge in [0.05, 0.1) is 16.7 Å². The van der Waals surface area contributed by atoms with Crippen LogP contribution in [0, 0.1) is 6.33 Å². The van der Waals surface area contributed by atoms with Crippen molar-refractivity contribution in [1.29, 1.82) is 0 Å². The van der Waals surface area contributed by atoms with Gasteiger partial charge in [0.25, 0.3) is 0 Å². The number of hydrogen-bond donors (Lipinski definition) is 0. The van der Waals surface area contributed by atoms with E-state index in [4.69, 9.17) is 14.8 Å². The number of hydrogen-bond acceptors (Lipinski definition) is 3. The molecule has 0 bridgehead atoms. The van der Waals surface area contributed by atoms with Gasteiger partial charge < -0.3 is 9.30 Å². The van der Waals surface area contributed by atoms with E-state index in [0.29, 0.717) is 11.5 Å². The van der Waals surface area contributed by atoms with Crippen molar-refractivity contribution < 1.29 is 9.30 Å². The minimum Gasteiger partial charge on any atom is -0.458 e. The van der Waals surface area contributed by atoms with E-state index in [1.807, 2.05) is 41.2 Å². The SMILES string of the molecule is CC(C)(C)c1cc(-c2ccc3c(c2)c2ccc(Oc4cccc(-n5[c-][n+](-c6c(-c7ccccc7)cccc6-c6ccccc6)c(-c6ccccc6)n5)c4)cc2n3-c2cc(C(C)(C)C)ccn2)cc(C(C)(C)C)c1. The van der Waals surface area contributed by atoms with Crippen LogP contribution in [0.5, 0.6) is 11.5 Å². The van der Waals surface area contributed by atoms with Gasteiger partial charge in [0.1, 0.15) is 17.3 Å². The highest BCUT2D eigenvalue weighted by Crippen LogP contribution is 2.41. The Bertz CT molecular complexity index is 3720. The van der Waals surface area contributed by atoms with Crippen molar-refractivity contribution in [3.05, 3.63) is 229 Å². The second-order valence-electron chi connectivity index (χ2n) is 22.3. The lowest BCUT2D eigenvalue weighted by Gasteiger charge is -2.26. The maximum absolute atomic E-state index is 6.86. The van der Waals surface area contributed by atoms with Crippen LogP contribution in [-0.4, -0.2) is 19.3 Å². The molecule has 0 amide bonds. The van der Waals surface area contributed by atoms with Crippen molar-refractivity contribution in [1.82, 2.24) is 19.3 Å². The molecule has 73 heavy (non-hydrogen) atoms. The van der Waals surface area contributed by atoms with Crippen molar-refractivity contribution in [3.63, 3.8) is 0 Å². The van der Waals surface area contributed by atoms with Crippen LogP contribution in [0.25, 0.3) is 83.8 Å². The Morgan fingerprint density at radius 1 is 0.438 bits per heavy atom. The summed E-state index contributed by atoms with van der Waals surface area (Å²) in [6, 6.07) is 70.8. The normalized spacial score (nSPS) is 12.2. The van der Waals surface area contributed by atoms with Crippen LogP contribution in [0.3, 0.4) is 0 Å². The minimum absolute atomic E-state index is 0.000790. The molecule has 0 saturated carbocycles. The molecule has 0 fully saturated rings. The van der Waals surface area contributed by atoms with Gasteiger partial charge in [-0.15, -0.1) is 0 Å². The van der Waals surface area contributed by atoms with Gasteiger partial charge in [-0.25, -0.2) is 4.98 Å². The number of para-hydroxylation sites is 1. The zero-order chi connectivity index (χ0) is 50.6. The topological polar surface area (TPSA) is 48.8 Å². The van der Waals surface area contributed by atoms with Crippen molar-refractivity contribution in [2.75, 3.05) is 0 Å². The summed E-state index contributed by atoms with van der Waals surface area (Å²) < 4.78 is 13.1. The van der Waals surface area contributed by atoms with Gasteiger partial charge in [-0.1, -0.05) is 208 Å². The zero-order valence-corrected chi connectivity index (χ0v) is 43.3. The Balaban J connectivity index is 1.03. The lowest BCUT2D eigenvalue weighted by atomic mass is 9.79. The van der Waals surface area contributed by atoms with E-state index in [-0.39, 0.29) is 16.2 Å². The maximum atomic E-state index is 6.86. The Kier molecular flexibility index (Phi) is 11.8. The molecule has 0 spiro atoms. The third kappa shape index (κ3) is 9.26. The summed E-state index contributed by atoms with van der Waals surface area (Å²) in [5.41, 5.74) is 15.5. The number of fused-ring (bicyclic) bond motifs is 3. The predicted octanol–water partition coefficient (Wildman–Crippen LogP) is 16.8. The molecule has 0 N–H and O–H groups in total. The number of aromatic nitrogens is 5. The molecule has 0 unspecified atom stereocenters. The summed E-state index contributed by atoms with van der Waals surface area (Å²) >= 11 is 0. The van der Waals surface area contributed by atoms with Gasteiger partial charge >= 0.3 is 0 Å². The minimum atomic E-state index is -0.0612. The van der Waals surface area contributed by atoms with Crippen LogP contribution in [0.2, 0.25) is 0 Å². The largest absolute Gasteiger partial charge is 0.458 e. The molecule has 0 radical (unpaired) electrons. The average Bonchev–Trinajstić information content (AvgIpc) is 3.98. The molecule has 0 aliphatic heterocycles. The summed E-state index contributed by atoms with van der Waals surface area (Å²) in [5, 5.41) is 7.58. The molecule has 6 heteroatoms. The fourth-order valence-corrected chi connectivity index (χ4v) is 9.81. The molecular formula is C67H61N5O. The molecule has 0 aliphatic rings. The van der Waals surface area contributed by atoms with Crippen molar-refractivity contribution in [2.45, 2.75) is 78.6 Å². The molecule has 3 heterocycles. The first-order valence-electron chi connectivity index (χ1n) is 25.3. The van der Waals surface area contributed by atoms with Gasteiger partial charge in [0.15, 0.2) is 0 Å². The van der Waals surface area contributed by atoms with Crippen LogP contribution >= 0.6 is 0 Å². The third-order valence-corrected chi connectivity index (χ3v) is 13.9. The first-order chi connectivity index (χ1) is 35.1. The molecule has 0 aliphatic carbocycles. The van der Waals surface area contributed by atoms with Crippen molar-refractivity contribution >= 4 is 21.8 Å². The summed E-state index contributed by atoms with van der Waals surface area (Å²) in [6.07, 6.45) is 5.63. The number of pyridine rings is 1. The van der Waals surface area contributed by atoms with E-state index in [9.17, 15) is 0 Å². The summed E-state index contributed by atoms with van der Waals surface area (Å²) in [6.45, 7) is 20.5. The first-order valence-corrected chi connectivity index (χ1v) is 25.3. The Hall–Kier alpha value is -8.35. The molecule has 6 nitrogen and oxygen atoms in total. The highest BCUT2D eigenvalue weighted by atomic mass is 16.5. The fourth-order valence-electron chi connectivity index (χ4n) is 9.81. The van der Waals surface area contributed by atoms with Crippen LogP contribution in [0.4, 0.5) is 0 Å². The first kappa shape index (κ1) is 47.0. The average molecular weight is 952 g/mol. The lowest BCUT2D eigenvalue weighted by molar-refractivity contribution is -0.587. The van der Waals surface area contributed by atoms with E-state index >= 15 is 0 Å². The molecular weight excluding hydrogens is 891 g/mol. The van der Waals surface area contributed by atoms with E-state index in [0.717, 1.165) is 72.6 Å². The summed E-state index contributed by atoms with van der Waals surface area (Å²) in [4.78, 5) is 5.02. The smallest absolute Gasteiger partial charge is 0.231 e. The molecule has 360 valence electrons. The molecule has 0 saturated heterocycles.